The van der Waals surface area contributed by atoms with E-state index in [1.54, 1.807) is 0 Å². The lowest BCUT2D eigenvalue weighted by molar-refractivity contribution is -0.127. The molecule has 4 heteroatoms. The van der Waals surface area contributed by atoms with E-state index in [4.69, 9.17) is 0 Å². The zero-order valence-corrected chi connectivity index (χ0v) is 14.5. The number of hydrogen-bond donors (Lipinski definition) is 2. The molecule has 4 nitrogen and oxygen atoms in total. The van der Waals surface area contributed by atoms with Crippen molar-refractivity contribution in [3.8, 4) is 0 Å². The summed E-state index contributed by atoms with van der Waals surface area (Å²) in [6, 6.07) is 0.308. The second-order valence-corrected chi connectivity index (χ2v) is 6.39. The van der Waals surface area contributed by atoms with Crippen molar-refractivity contribution in [2.75, 3.05) is 26.2 Å². The molecule has 0 radical (unpaired) electrons. The van der Waals surface area contributed by atoms with Crippen LogP contribution in [0, 0.1) is 5.92 Å². The normalized spacial score (nSPS) is 18.2. The van der Waals surface area contributed by atoms with E-state index in [1.807, 2.05) is 0 Å². The average molecular weight is 297 g/mol. The molecular weight excluding hydrogens is 262 g/mol. The van der Waals surface area contributed by atoms with Crippen LogP contribution in [0.5, 0.6) is 0 Å². The van der Waals surface area contributed by atoms with Gasteiger partial charge in [0, 0.05) is 12.6 Å². The molecule has 1 heterocycles. The molecule has 0 aliphatic carbocycles. The first-order chi connectivity index (χ1) is 10.1. The number of rotatable bonds is 9. The van der Waals surface area contributed by atoms with Gasteiger partial charge in [-0.05, 0) is 64.6 Å². The van der Waals surface area contributed by atoms with Crippen molar-refractivity contribution in [2.24, 2.45) is 5.92 Å². The summed E-state index contributed by atoms with van der Waals surface area (Å²) in [7, 11) is 0. The van der Waals surface area contributed by atoms with E-state index in [0.717, 1.165) is 51.4 Å². The van der Waals surface area contributed by atoms with Crippen LogP contribution in [-0.4, -0.2) is 49.1 Å². The van der Waals surface area contributed by atoms with E-state index >= 15 is 0 Å². The monoisotopic (exact) mass is 297 g/mol. The van der Waals surface area contributed by atoms with Gasteiger partial charge in [0.15, 0.2) is 0 Å². The first kappa shape index (κ1) is 18.4. The Bertz CT molecular complexity index is 286. The van der Waals surface area contributed by atoms with Crippen molar-refractivity contribution >= 4 is 5.91 Å². The van der Waals surface area contributed by atoms with E-state index in [9.17, 15) is 4.79 Å². The third-order valence-corrected chi connectivity index (χ3v) is 4.72. The van der Waals surface area contributed by atoms with Gasteiger partial charge in [0.25, 0.3) is 0 Å². The van der Waals surface area contributed by atoms with Crippen molar-refractivity contribution in [1.29, 1.82) is 0 Å². The molecule has 1 aliphatic rings. The Kier molecular flexibility index (Phi) is 8.93. The lowest BCUT2D eigenvalue weighted by Crippen LogP contribution is -2.50. The molecule has 2 N–H and O–H groups in total. The highest BCUT2D eigenvalue weighted by Gasteiger charge is 2.25. The number of nitrogens with zero attached hydrogens (tertiary/aromatic N) is 1. The minimum atomic E-state index is -0.0135. The molecule has 1 aliphatic heterocycles. The highest BCUT2D eigenvalue weighted by Crippen LogP contribution is 2.16. The Morgan fingerprint density at radius 3 is 2.38 bits per heavy atom. The predicted octanol–water partition coefficient (Wildman–Crippen LogP) is 2.39. The molecule has 0 bridgehead atoms. The van der Waals surface area contributed by atoms with Crippen LogP contribution in [0.25, 0.3) is 0 Å². The molecule has 21 heavy (non-hydrogen) atoms. The molecule has 0 saturated carbocycles. The SMILES string of the molecule is CCCN(CC1CCNCC1)C(C)C(=O)NC(CC)CC. The van der Waals surface area contributed by atoms with Crippen LogP contribution in [0.1, 0.15) is 59.8 Å². The van der Waals surface area contributed by atoms with Gasteiger partial charge in [0.2, 0.25) is 5.91 Å². The fraction of sp³-hybridized carbons (Fsp3) is 0.941. The lowest BCUT2D eigenvalue weighted by atomic mass is 9.96. The molecule has 0 spiro atoms. The van der Waals surface area contributed by atoms with Crippen LogP contribution in [0.4, 0.5) is 0 Å². The Balaban J connectivity index is 2.54. The summed E-state index contributed by atoms with van der Waals surface area (Å²) in [6.45, 7) is 12.9. The standard InChI is InChI=1S/C17H35N3O/c1-5-12-20(13-15-8-10-18-11-9-15)14(4)17(21)19-16(6-2)7-3/h14-16,18H,5-13H2,1-4H3,(H,19,21). The smallest absolute Gasteiger partial charge is 0.237 e. The number of amides is 1. The molecule has 124 valence electrons. The van der Waals surface area contributed by atoms with Crippen LogP contribution in [0.2, 0.25) is 0 Å². The van der Waals surface area contributed by atoms with E-state index in [-0.39, 0.29) is 11.9 Å². The molecule has 0 aromatic carbocycles. The Morgan fingerprint density at radius 1 is 1.24 bits per heavy atom. The van der Waals surface area contributed by atoms with Gasteiger partial charge in [-0.1, -0.05) is 20.8 Å². The van der Waals surface area contributed by atoms with Crippen LogP contribution in [0.3, 0.4) is 0 Å². The number of carbonyl (C=O) groups is 1. The third-order valence-electron chi connectivity index (χ3n) is 4.72. The first-order valence-electron chi connectivity index (χ1n) is 8.87. The quantitative estimate of drug-likeness (QED) is 0.687. The van der Waals surface area contributed by atoms with Gasteiger partial charge < -0.3 is 10.6 Å². The van der Waals surface area contributed by atoms with Crippen LogP contribution in [-0.2, 0) is 4.79 Å². The second kappa shape index (κ2) is 10.2. The van der Waals surface area contributed by atoms with Crippen LogP contribution in [0.15, 0.2) is 0 Å². The molecule has 0 aromatic rings. The molecular formula is C17H35N3O. The van der Waals surface area contributed by atoms with Crippen molar-refractivity contribution in [3.05, 3.63) is 0 Å². The number of nitrogens with one attached hydrogen (secondary N) is 2. The fourth-order valence-corrected chi connectivity index (χ4v) is 3.11. The maximum atomic E-state index is 12.5. The van der Waals surface area contributed by atoms with Crippen molar-refractivity contribution in [1.82, 2.24) is 15.5 Å². The van der Waals surface area contributed by atoms with Gasteiger partial charge >= 0.3 is 0 Å². The summed E-state index contributed by atoms with van der Waals surface area (Å²) < 4.78 is 0. The summed E-state index contributed by atoms with van der Waals surface area (Å²) in [5, 5.41) is 6.61. The summed E-state index contributed by atoms with van der Waals surface area (Å²) in [6.07, 6.45) is 5.60. The largest absolute Gasteiger partial charge is 0.352 e. The summed E-state index contributed by atoms with van der Waals surface area (Å²) in [4.78, 5) is 14.8. The fourth-order valence-electron chi connectivity index (χ4n) is 3.11. The van der Waals surface area contributed by atoms with Gasteiger partial charge in [-0.2, -0.15) is 0 Å². The molecule has 1 unspecified atom stereocenters. The zero-order chi connectivity index (χ0) is 15.7. The molecule has 0 aromatic heterocycles. The summed E-state index contributed by atoms with van der Waals surface area (Å²) in [5.41, 5.74) is 0. The maximum Gasteiger partial charge on any atom is 0.237 e. The van der Waals surface area contributed by atoms with Crippen molar-refractivity contribution in [3.63, 3.8) is 0 Å². The molecule has 1 rings (SSSR count). The predicted molar refractivity (Wildman–Crippen MR) is 89.4 cm³/mol. The number of carbonyl (C=O) groups excluding carboxylic acids is 1. The molecule has 1 saturated heterocycles. The van der Waals surface area contributed by atoms with E-state index < -0.39 is 0 Å². The second-order valence-electron chi connectivity index (χ2n) is 6.39. The van der Waals surface area contributed by atoms with Crippen molar-refractivity contribution in [2.45, 2.75) is 71.9 Å². The summed E-state index contributed by atoms with van der Waals surface area (Å²) in [5.74, 6) is 0.937. The zero-order valence-electron chi connectivity index (χ0n) is 14.5. The highest BCUT2D eigenvalue weighted by atomic mass is 16.2. The Labute approximate surface area is 131 Å². The molecule has 1 amide bonds. The third kappa shape index (κ3) is 6.35. The van der Waals surface area contributed by atoms with Gasteiger partial charge in [0.1, 0.15) is 0 Å². The maximum absolute atomic E-state index is 12.5. The Morgan fingerprint density at radius 2 is 1.86 bits per heavy atom. The molecule has 1 atom stereocenters. The summed E-state index contributed by atoms with van der Waals surface area (Å²) >= 11 is 0. The van der Waals surface area contributed by atoms with Crippen LogP contribution < -0.4 is 10.6 Å². The van der Waals surface area contributed by atoms with Crippen molar-refractivity contribution < 1.29 is 4.79 Å². The van der Waals surface area contributed by atoms with E-state index in [2.05, 4.69) is 43.2 Å². The van der Waals surface area contributed by atoms with Gasteiger partial charge in [-0.15, -0.1) is 0 Å². The first-order valence-corrected chi connectivity index (χ1v) is 8.87. The number of piperidine rings is 1. The number of hydrogen-bond acceptors (Lipinski definition) is 3. The topological polar surface area (TPSA) is 44.4 Å². The minimum absolute atomic E-state index is 0.0135. The van der Waals surface area contributed by atoms with E-state index in [1.165, 1.54) is 12.8 Å². The van der Waals surface area contributed by atoms with E-state index in [0.29, 0.717) is 6.04 Å². The van der Waals surface area contributed by atoms with Gasteiger partial charge in [-0.25, -0.2) is 0 Å². The van der Waals surface area contributed by atoms with Gasteiger partial charge in [0.05, 0.1) is 6.04 Å². The molecule has 1 fully saturated rings. The Hall–Kier alpha value is -0.610. The van der Waals surface area contributed by atoms with Gasteiger partial charge in [-0.3, -0.25) is 9.69 Å². The van der Waals surface area contributed by atoms with Crippen LogP contribution >= 0.6 is 0 Å². The lowest BCUT2D eigenvalue weighted by Gasteiger charge is -2.34. The minimum Gasteiger partial charge on any atom is -0.352 e. The average Bonchev–Trinajstić information content (AvgIpc) is 2.52. The highest BCUT2D eigenvalue weighted by molar-refractivity contribution is 5.81.